The number of likely N-dealkylation sites (N-methyl/N-ethyl adjacent to an activating group) is 1. The molecule has 4 rings (SSSR count). The first-order chi connectivity index (χ1) is 17.7. The van der Waals surface area contributed by atoms with E-state index < -0.39 is 6.04 Å². The Morgan fingerprint density at radius 2 is 1.78 bits per heavy atom. The average Bonchev–Trinajstić information content (AvgIpc) is 3.17. The average molecular weight is 743 g/mol. The fourth-order valence-electron chi connectivity index (χ4n) is 4.47. The minimum atomic E-state index is -0.654. The van der Waals surface area contributed by atoms with E-state index in [1.54, 1.807) is 23.7 Å². The van der Waals surface area contributed by atoms with Gasteiger partial charge in [0.25, 0.3) is 11.5 Å². The minimum Gasteiger partial charge on any atom is -0.496 e. The largest absolute Gasteiger partial charge is 0.496 e. The van der Waals surface area contributed by atoms with E-state index in [1.165, 1.54) is 11.3 Å². The molecule has 3 aromatic rings. The van der Waals surface area contributed by atoms with Gasteiger partial charge in [-0.15, -0.1) is 0 Å². The zero-order valence-electron chi connectivity index (χ0n) is 21.2. The highest BCUT2D eigenvalue weighted by Crippen LogP contribution is 2.36. The van der Waals surface area contributed by atoms with Crippen LogP contribution in [0.2, 0.25) is 0 Å². The van der Waals surface area contributed by atoms with Crippen molar-refractivity contribution in [1.82, 2.24) is 9.47 Å². The fourth-order valence-corrected chi connectivity index (χ4v) is 7.78. The molecule has 1 aliphatic heterocycles. The number of rotatable bonds is 7. The molecule has 0 spiro atoms. The van der Waals surface area contributed by atoms with Crippen molar-refractivity contribution in [3.8, 4) is 11.5 Å². The second-order valence-corrected chi connectivity index (χ2v) is 11.7. The molecule has 0 unspecified atom stereocenters. The number of hydrogen-bond acceptors (Lipinski definition) is 6. The topological polar surface area (TPSA) is 73.1 Å². The van der Waals surface area contributed by atoms with Crippen molar-refractivity contribution in [3.63, 3.8) is 0 Å². The first-order valence-electron chi connectivity index (χ1n) is 11.7. The molecule has 2 heterocycles. The van der Waals surface area contributed by atoms with Crippen LogP contribution >= 0.6 is 56.5 Å². The van der Waals surface area contributed by atoms with Crippen LogP contribution in [0.25, 0.3) is 6.08 Å². The summed E-state index contributed by atoms with van der Waals surface area (Å²) in [5.41, 5.74) is 2.53. The molecule has 0 saturated heterocycles. The lowest BCUT2D eigenvalue weighted by molar-refractivity contribution is -0.127. The Kier molecular flexibility index (Phi) is 8.79. The number of nitrogens with zero attached hydrogens (tertiary/aromatic N) is 3. The maximum Gasteiger partial charge on any atom is 0.271 e. The summed E-state index contributed by atoms with van der Waals surface area (Å²) >= 11 is 5.79. The van der Waals surface area contributed by atoms with Gasteiger partial charge < -0.3 is 14.4 Å². The molecule has 1 aromatic heterocycles. The number of methoxy groups -OCH3 is 2. The van der Waals surface area contributed by atoms with Crippen molar-refractivity contribution < 1.29 is 14.3 Å². The Labute approximate surface area is 246 Å². The molecule has 1 aliphatic rings. The van der Waals surface area contributed by atoms with E-state index in [9.17, 15) is 9.59 Å². The van der Waals surface area contributed by atoms with Crippen molar-refractivity contribution in [2.45, 2.75) is 26.8 Å². The smallest absolute Gasteiger partial charge is 0.271 e. The van der Waals surface area contributed by atoms with Crippen LogP contribution in [0.5, 0.6) is 11.5 Å². The Morgan fingerprint density at radius 3 is 2.38 bits per heavy atom. The summed E-state index contributed by atoms with van der Waals surface area (Å²) in [7, 11) is 3.24. The maximum atomic E-state index is 13.9. The minimum absolute atomic E-state index is 0.129. The molecule has 2 aromatic carbocycles. The molecule has 0 radical (unpaired) electrons. The quantitative estimate of drug-likeness (QED) is 0.338. The molecule has 37 heavy (non-hydrogen) atoms. The van der Waals surface area contributed by atoms with Gasteiger partial charge in [-0.2, -0.15) is 0 Å². The molecule has 0 fully saturated rings. The molecule has 1 atom stereocenters. The Balaban J connectivity index is 1.99. The number of benzene rings is 2. The second kappa shape index (κ2) is 11.7. The Bertz CT molecular complexity index is 1550. The number of fused-ring (bicyclic) bond motifs is 1. The predicted molar refractivity (Wildman–Crippen MR) is 163 cm³/mol. The van der Waals surface area contributed by atoms with E-state index in [1.807, 2.05) is 63.2 Å². The summed E-state index contributed by atoms with van der Waals surface area (Å²) in [5, 5.41) is 0. The molecular weight excluding hydrogens is 716 g/mol. The predicted octanol–water partition coefficient (Wildman–Crippen LogP) is 4.33. The summed E-state index contributed by atoms with van der Waals surface area (Å²) in [6, 6.07) is 10.8. The van der Waals surface area contributed by atoms with Crippen molar-refractivity contribution >= 4 is 68.5 Å². The van der Waals surface area contributed by atoms with Crippen LogP contribution in [0.4, 0.5) is 0 Å². The van der Waals surface area contributed by atoms with Crippen LogP contribution < -0.4 is 24.4 Å². The van der Waals surface area contributed by atoms with Gasteiger partial charge in [-0.3, -0.25) is 14.2 Å². The van der Waals surface area contributed by atoms with Crippen LogP contribution in [0.1, 0.15) is 37.9 Å². The molecule has 0 saturated carbocycles. The number of halogens is 2. The van der Waals surface area contributed by atoms with Gasteiger partial charge in [-0.05, 0) is 95.8 Å². The highest BCUT2D eigenvalue weighted by Gasteiger charge is 2.35. The highest BCUT2D eigenvalue weighted by atomic mass is 127. The third-order valence-corrected chi connectivity index (χ3v) is 8.84. The molecule has 0 bridgehead atoms. The van der Waals surface area contributed by atoms with Gasteiger partial charge in [-0.25, -0.2) is 4.99 Å². The summed E-state index contributed by atoms with van der Waals surface area (Å²) in [6.45, 7) is 6.85. The van der Waals surface area contributed by atoms with E-state index in [2.05, 4.69) is 45.2 Å². The number of allylic oxidation sites excluding steroid dienone is 1. The van der Waals surface area contributed by atoms with Crippen molar-refractivity contribution in [3.05, 3.63) is 85.6 Å². The first-order valence-corrected chi connectivity index (χ1v) is 14.7. The van der Waals surface area contributed by atoms with Gasteiger partial charge in [0.05, 0.1) is 37.2 Å². The normalized spacial score (nSPS) is 15.3. The lowest BCUT2D eigenvalue weighted by atomic mass is 9.94. The summed E-state index contributed by atoms with van der Waals surface area (Å²) in [4.78, 5) is 34.7. The lowest BCUT2D eigenvalue weighted by Crippen LogP contribution is -2.43. The van der Waals surface area contributed by atoms with Gasteiger partial charge >= 0.3 is 0 Å². The third-order valence-electron chi connectivity index (χ3n) is 6.26. The lowest BCUT2D eigenvalue weighted by Gasteiger charge is -2.29. The highest BCUT2D eigenvalue weighted by molar-refractivity contribution is 14.1. The second-order valence-electron chi connectivity index (χ2n) is 8.32. The SMILES string of the molecule is CCN(CC)C(=O)C1=C(C)N=c2s/c(=C/c3cc(I)c(OC)c(I)c3)c(=O)n2[C@H]1c1ccccc1OC. The maximum absolute atomic E-state index is 13.9. The molecule has 0 aliphatic carbocycles. The van der Waals surface area contributed by atoms with Crippen molar-refractivity contribution in [2.75, 3.05) is 27.3 Å². The van der Waals surface area contributed by atoms with E-state index in [0.717, 1.165) is 24.0 Å². The number of para-hydroxylation sites is 1. The fraction of sp³-hybridized carbons (Fsp3) is 0.296. The van der Waals surface area contributed by atoms with Crippen LogP contribution in [0, 0.1) is 7.14 Å². The van der Waals surface area contributed by atoms with Crippen LogP contribution in [0.15, 0.2) is 57.5 Å². The number of aromatic nitrogens is 1. The van der Waals surface area contributed by atoms with Crippen molar-refractivity contribution in [1.29, 1.82) is 0 Å². The summed E-state index contributed by atoms with van der Waals surface area (Å²) in [6.07, 6.45) is 1.87. The van der Waals surface area contributed by atoms with Gasteiger partial charge in [0.15, 0.2) is 4.80 Å². The number of thiazole rings is 1. The van der Waals surface area contributed by atoms with Gasteiger partial charge in [0.1, 0.15) is 17.5 Å². The van der Waals surface area contributed by atoms with Gasteiger partial charge in [0.2, 0.25) is 0 Å². The van der Waals surface area contributed by atoms with Crippen molar-refractivity contribution in [2.24, 2.45) is 4.99 Å². The van der Waals surface area contributed by atoms with E-state index >= 15 is 0 Å². The zero-order chi connectivity index (χ0) is 26.9. The Hall–Kier alpha value is -2.19. The molecular formula is C27H27I2N3O4S. The van der Waals surface area contributed by atoms with Crippen LogP contribution in [-0.2, 0) is 4.79 Å². The van der Waals surface area contributed by atoms with Crippen LogP contribution in [0.3, 0.4) is 0 Å². The zero-order valence-corrected chi connectivity index (χ0v) is 26.3. The molecule has 0 N–H and O–H groups in total. The number of carbonyl (C=O) groups is 1. The molecule has 10 heteroatoms. The van der Waals surface area contributed by atoms with E-state index in [0.29, 0.717) is 39.4 Å². The standard InChI is InChI=1S/C27H27I2N3O4S/c1-6-31(7-2)26(34)22-15(3)30-27-32(23(22)17-10-8-9-11-20(17)35-4)25(33)21(37-27)14-16-12-18(28)24(36-5)19(29)13-16/h8-14,23H,6-7H2,1-5H3/b21-14+/t23-/m0/s1. The number of carbonyl (C=O) groups excluding carboxylic acids is 1. The first kappa shape index (κ1) is 27.8. The molecule has 7 nitrogen and oxygen atoms in total. The number of amides is 1. The monoisotopic (exact) mass is 743 g/mol. The summed E-state index contributed by atoms with van der Waals surface area (Å²) < 4.78 is 15.2. The van der Waals surface area contributed by atoms with Gasteiger partial charge in [0, 0.05) is 18.7 Å². The molecule has 194 valence electrons. The Morgan fingerprint density at radius 1 is 1.14 bits per heavy atom. The molecule has 1 amide bonds. The van der Waals surface area contributed by atoms with E-state index in [4.69, 9.17) is 14.5 Å². The summed E-state index contributed by atoms with van der Waals surface area (Å²) in [5.74, 6) is 1.29. The number of ether oxygens (including phenoxy) is 2. The number of hydrogen-bond donors (Lipinski definition) is 0. The van der Waals surface area contributed by atoms with Crippen LogP contribution in [-0.4, -0.2) is 42.7 Å². The third kappa shape index (κ3) is 5.24. The van der Waals surface area contributed by atoms with E-state index in [-0.39, 0.29) is 11.5 Å². The van der Waals surface area contributed by atoms with Gasteiger partial charge in [-0.1, -0.05) is 29.5 Å².